The largest absolute Gasteiger partial charge is 0.357 e. The molecule has 0 saturated heterocycles. The van der Waals surface area contributed by atoms with E-state index in [4.69, 9.17) is 11.6 Å². The van der Waals surface area contributed by atoms with Crippen LogP contribution in [-0.2, 0) is 22.6 Å². The Balaban J connectivity index is 2.25. The molecule has 0 heterocycles. The van der Waals surface area contributed by atoms with Gasteiger partial charge in [-0.25, -0.2) is 0 Å². The third kappa shape index (κ3) is 5.07. The van der Waals surface area contributed by atoms with Crippen molar-refractivity contribution < 1.29 is 9.59 Å². The second-order valence-electron chi connectivity index (χ2n) is 6.05. The van der Waals surface area contributed by atoms with Crippen LogP contribution >= 0.6 is 11.6 Å². The summed E-state index contributed by atoms with van der Waals surface area (Å²) in [4.78, 5) is 26.6. The molecule has 0 bridgehead atoms. The normalized spacial score (nSPS) is 11.7. The molecule has 0 spiro atoms. The molecule has 1 N–H and O–H groups in total. The van der Waals surface area contributed by atoms with Crippen molar-refractivity contribution in [2.45, 2.75) is 32.9 Å². The van der Waals surface area contributed by atoms with Gasteiger partial charge in [0.05, 0.1) is 6.42 Å². The monoisotopic (exact) mass is 358 g/mol. The lowest BCUT2D eigenvalue weighted by Gasteiger charge is -2.29. The zero-order valence-corrected chi connectivity index (χ0v) is 15.5. The molecule has 132 valence electrons. The topological polar surface area (TPSA) is 49.4 Å². The Morgan fingerprint density at radius 1 is 1.16 bits per heavy atom. The number of likely N-dealkylation sites (N-methyl/N-ethyl adjacent to an activating group) is 1. The van der Waals surface area contributed by atoms with Gasteiger partial charge in [0.1, 0.15) is 6.04 Å². The summed E-state index contributed by atoms with van der Waals surface area (Å²) in [6.07, 6.45) is 0.202. The summed E-state index contributed by atoms with van der Waals surface area (Å²) in [7, 11) is 1.58. The van der Waals surface area contributed by atoms with Crippen LogP contribution in [0, 0.1) is 6.92 Å². The number of benzene rings is 2. The fourth-order valence-corrected chi connectivity index (χ4v) is 2.90. The van der Waals surface area contributed by atoms with Gasteiger partial charge in [-0.15, -0.1) is 0 Å². The molecule has 0 aliphatic rings. The molecule has 2 aromatic carbocycles. The fourth-order valence-electron chi connectivity index (χ4n) is 2.69. The maximum atomic E-state index is 12.9. The molecule has 2 aromatic rings. The highest BCUT2D eigenvalue weighted by molar-refractivity contribution is 6.30. The number of aryl methyl sites for hydroxylation is 1. The van der Waals surface area contributed by atoms with Crippen LogP contribution in [0.1, 0.15) is 23.6 Å². The van der Waals surface area contributed by atoms with Crippen LogP contribution in [0.4, 0.5) is 0 Å². The van der Waals surface area contributed by atoms with Gasteiger partial charge in [-0.05, 0) is 42.7 Å². The Bertz CT molecular complexity index is 761. The van der Waals surface area contributed by atoms with Gasteiger partial charge in [0, 0.05) is 18.6 Å². The van der Waals surface area contributed by atoms with E-state index in [1.165, 1.54) is 0 Å². The predicted molar refractivity (Wildman–Crippen MR) is 100 cm³/mol. The summed E-state index contributed by atoms with van der Waals surface area (Å²) >= 11 is 6.00. The van der Waals surface area contributed by atoms with E-state index >= 15 is 0 Å². The molecule has 5 heteroatoms. The maximum Gasteiger partial charge on any atom is 0.242 e. The van der Waals surface area contributed by atoms with E-state index in [1.807, 2.05) is 43.3 Å². The van der Waals surface area contributed by atoms with Gasteiger partial charge >= 0.3 is 0 Å². The molecule has 0 aromatic heterocycles. The number of halogens is 1. The van der Waals surface area contributed by atoms with Crippen molar-refractivity contribution in [3.63, 3.8) is 0 Å². The Labute approximate surface area is 153 Å². The standard InChI is InChI=1S/C20H23ClN2O2/c1-14-7-4-5-9-17(14)13-23(15(2)20(25)22-3)19(24)12-16-8-6-10-18(21)11-16/h4-11,15H,12-13H2,1-3H3,(H,22,25)/t15-/m0/s1. The summed E-state index contributed by atoms with van der Waals surface area (Å²) in [5, 5.41) is 3.21. The van der Waals surface area contributed by atoms with Gasteiger partial charge in [-0.1, -0.05) is 48.0 Å². The number of amides is 2. The minimum atomic E-state index is -0.559. The van der Waals surface area contributed by atoms with E-state index in [9.17, 15) is 9.59 Å². The van der Waals surface area contributed by atoms with Crippen molar-refractivity contribution in [1.82, 2.24) is 10.2 Å². The summed E-state index contributed by atoms with van der Waals surface area (Å²) in [5.74, 6) is -0.297. The van der Waals surface area contributed by atoms with Gasteiger partial charge in [-0.3, -0.25) is 9.59 Å². The number of carbonyl (C=O) groups is 2. The van der Waals surface area contributed by atoms with E-state index < -0.39 is 6.04 Å². The lowest BCUT2D eigenvalue weighted by Crippen LogP contribution is -2.47. The highest BCUT2D eigenvalue weighted by Gasteiger charge is 2.25. The van der Waals surface area contributed by atoms with Crippen LogP contribution in [-0.4, -0.2) is 29.8 Å². The van der Waals surface area contributed by atoms with E-state index in [2.05, 4.69) is 5.32 Å². The van der Waals surface area contributed by atoms with Gasteiger partial charge in [0.15, 0.2) is 0 Å². The number of hydrogen-bond donors (Lipinski definition) is 1. The summed E-state index contributed by atoms with van der Waals surface area (Å²) in [5.41, 5.74) is 2.95. The van der Waals surface area contributed by atoms with Crippen LogP contribution in [0.15, 0.2) is 48.5 Å². The molecule has 0 unspecified atom stereocenters. The molecule has 2 rings (SSSR count). The van der Waals surface area contributed by atoms with E-state index in [0.717, 1.165) is 16.7 Å². The van der Waals surface area contributed by atoms with Crippen LogP contribution in [0.25, 0.3) is 0 Å². The van der Waals surface area contributed by atoms with Gasteiger partial charge < -0.3 is 10.2 Å². The fraction of sp³-hybridized carbons (Fsp3) is 0.300. The SMILES string of the molecule is CNC(=O)[C@H](C)N(Cc1ccccc1C)C(=O)Cc1cccc(Cl)c1. The minimum Gasteiger partial charge on any atom is -0.357 e. The molecule has 0 fully saturated rings. The molecule has 0 aliphatic heterocycles. The third-order valence-electron chi connectivity index (χ3n) is 4.26. The van der Waals surface area contributed by atoms with Gasteiger partial charge in [0.2, 0.25) is 11.8 Å². The van der Waals surface area contributed by atoms with Crippen LogP contribution < -0.4 is 5.32 Å². The third-order valence-corrected chi connectivity index (χ3v) is 4.50. The van der Waals surface area contributed by atoms with Crippen molar-refractivity contribution in [3.05, 3.63) is 70.2 Å². The average Bonchev–Trinajstić information content (AvgIpc) is 2.59. The molecule has 25 heavy (non-hydrogen) atoms. The second-order valence-corrected chi connectivity index (χ2v) is 6.48. The molecule has 0 saturated carbocycles. The van der Waals surface area contributed by atoms with Crippen LogP contribution in [0.5, 0.6) is 0 Å². The molecular formula is C20H23ClN2O2. The Hall–Kier alpha value is -2.33. The minimum absolute atomic E-state index is 0.110. The van der Waals surface area contributed by atoms with Crippen molar-refractivity contribution in [2.24, 2.45) is 0 Å². The zero-order valence-electron chi connectivity index (χ0n) is 14.8. The zero-order chi connectivity index (χ0) is 18.4. The molecule has 0 aliphatic carbocycles. The molecule has 0 radical (unpaired) electrons. The van der Waals surface area contributed by atoms with Crippen LogP contribution in [0.2, 0.25) is 5.02 Å². The van der Waals surface area contributed by atoms with Crippen molar-refractivity contribution in [2.75, 3.05) is 7.05 Å². The predicted octanol–water partition coefficient (Wildman–Crippen LogP) is 3.35. The number of rotatable bonds is 6. The molecule has 1 atom stereocenters. The number of hydrogen-bond acceptors (Lipinski definition) is 2. The lowest BCUT2D eigenvalue weighted by molar-refractivity contribution is -0.139. The summed E-state index contributed by atoms with van der Waals surface area (Å²) in [6, 6.07) is 14.5. The number of nitrogens with zero attached hydrogens (tertiary/aromatic N) is 1. The van der Waals surface area contributed by atoms with E-state index in [1.54, 1.807) is 31.0 Å². The number of nitrogens with one attached hydrogen (secondary N) is 1. The first-order valence-corrected chi connectivity index (χ1v) is 8.60. The first-order valence-electron chi connectivity index (χ1n) is 8.22. The second kappa shape index (κ2) is 8.67. The summed E-state index contributed by atoms with van der Waals surface area (Å²) in [6.45, 7) is 4.13. The Morgan fingerprint density at radius 3 is 2.52 bits per heavy atom. The molecule has 2 amide bonds. The lowest BCUT2D eigenvalue weighted by atomic mass is 10.1. The number of carbonyl (C=O) groups excluding carboxylic acids is 2. The Morgan fingerprint density at radius 2 is 1.88 bits per heavy atom. The first kappa shape index (κ1) is 19.0. The van der Waals surface area contributed by atoms with Gasteiger partial charge in [0.25, 0.3) is 0 Å². The van der Waals surface area contributed by atoms with Gasteiger partial charge in [-0.2, -0.15) is 0 Å². The molecule has 4 nitrogen and oxygen atoms in total. The Kier molecular flexibility index (Phi) is 6.59. The van der Waals surface area contributed by atoms with Crippen molar-refractivity contribution >= 4 is 23.4 Å². The van der Waals surface area contributed by atoms with E-state index in [0.29, 0.717) is 11.6 Å². The molecular weight excluding hydrogens is 336 g/mol. The van der Waals surface area contributed by atoms with Crippen molar-refractivity contribution in [3.8, 4) is 0 Å². The van der Waals surface area contributed by atoms with Crippen molar-refractivity contribution in [1.29, 1.82) is 0 Å². The van der Waals surface area contributed by atoms with Crippen LogP contribution in [0.3, 0.4) is 0 Å². The smallest absolute Gasteiger partial charge is 0.242 e. The highest BCUT2D eigenvalue weighted by Crippen LogP contribution is 2.17. The quantitative estimate of drug-likeness (QED) is 0.860. The first-order chi connectivity index (χ1) is 11.9. The maximum absolute atomic E-state index is 12.9. The summed E-state index contributed by atoms with van der Waals surface area (Å²) < 4.78 is 0. The highest BCUT2D eigenvalue weighted by atomic mass is 35.5. The van der Waals surface area contributed by atoms with E-state index in [-0.39, 0.29) is 18.2 Å². The average molecular weight is 359 g/mol.